The number of rotatable bonds is 18. The van der Waals surface area contributed by atoms with E-state index in [2.05, 4.69) is 29.9 Å². The van der Waals surface area contributed by atoms with Gasteiger partial charge in [-0.2, -0.15) is 25.5 Å². The van der Waals surface area contributed by atoms with E-state index in [9.17, 15) is 45.9 Å². The summed E-state index contributed by atoms with van der Waals surface area (Å²) in [6, 6.07) is 75.1. The van der Waals surface area contributed by atoms with Crippen molar-refractivity contribution in [3.05, 3.63) is 301 Å². The molecule has 21 nitrogen and oxygen atoms in total. The van der Waals surface area contributed by atoms with Crippen LogP contribution in [0.3, 0.4) is 0 Å². The van der Waals surface area contributed by atoms with Gasteiger partial charge in [0.15, 0.2) is 11.6 Å². The van der Waals surface area contributed by atoms with Crippen molar-refractivity contribution in [3.8, 4) is 62.0 Å². The Labute approximate surface area is 662 Å². The molecular formula is C90H77F5N10O11. The molecule has 0 bridgehead atoms. The lowest BCUT2D eigenvalue weighted by Gasteiger charge is -2.12. The molecule has 0 spiro atoms. The van der Waals surface area contributed by atoms with Gasteiger partial charge in [0.25, 0.3) is 0 Å². The number of benzene rings is 11. The van der Waals surface area contributed by atoms with E-state index in [1.165, 1.54) is 87.4 Å². The summed E-state index contributed by atoms with van der Waals surface area (Å²) in [5.41, 5.74) is 12.3. The molecule has 16 aromatic rings. The predicted molar refractivity (Wildman–Crippen MR) is 431 cm³/mol. The summed E-state index contributed by atoms with van der Waals surface area (Å²) in [5.74, 6) is -4.78. The van der Waals surface area contributed by atoms with E-state index >= 15 is 0 Å². The molecular weight excluding hydrogens is 1490 g/mol. The van der Waals surface area contributed by atoms with E-state index in [0.717, 1.165) is 89.3 Å². The van der Waals surface area contributed by atoms with Gasteiger partial charge in [-0.15, -0.1) is 0 Å². The van der Waals surface area contributed by atoms with Crippen molar-refractivity contribution in [1.29, 1.82) is 0 Å². The molecule has 0 saturated heterocycles. The van der Waals surface area contributed by atoms with Crippen molar-refractivity contribution in [2.24, 2.45) is 0 Å². The number of esters is 5. The summed E-state index contributed by atoms with van der Waals surface area (Å²) < 4.78 is 107. The number of carbonyl (C=O) groups is 5. The molecule has 1 atom stereocenters. The predicted octanol–water partition coefficient (Wildman–Crippen LogP) is 17.8. The van der Waals surface area contributed by atoms with Gasteiger partial charge in [0.2, 0.25) is 0 Å². The molecule has 1 unspecified atom stereocenters. The van der Waals surface area contributed by atoms with Crippen molar-refractivity contribution < 1.29 is 74.3 Å². The third kappa shape index (κ3) is 18.2. The third-order valence-electron chi connectivity index (χ3n) is 18.9. The molecule has 11 aromatic carbocycles. The second kappa shape index (κ2) is 37.3. The Balaban J connectivity index is 0.000000134. The smallest absolute Gasteiger partial charge is 0.330 e. The molecule has 5 aromatic heterocycles. The number of ether oxygens (including phenoxy) is 6. The molecule has 0 radical (unpaired) electrons. The average molecular weight is 1570 g/mol. The van der Waals surface area contributed by atoms with Crippen LogP contribution < -0.4 is 4.74 Å². The van der Waals surface area contributed by atoms with Crippen molar-refractivity contribution in [2.45, 2.75) is 59.6 Å². The lowest BCUT2D eigenvalue weighted by Crippen LogP contribution is -2.18. The zero-order valence-electron chi connectivity index (χ0n) is 64.2. The number of aryl methyl sites for hydroxylation is 1. The number of hydrogen-bond acceptors (Lipinski definition) is 16. The number of hydrogen-bond donors (Lipinski definition) is 0. The molecule has 0 fully saturated rings. The Hall–Kier alpha value is -14.4. The number of carbonyl (C=O) groups excluding carboxylic acids is 5. The van der Waals surface area contributed by atoms with Crippen LogP contribution in [-0.2, 0) is 80.4 Å². The van der Waals surface area contributed by atoms with E-state index in [0.29, 0.717) is 34.1 Å². The van der Waals surface area contributed by atoms with Gasteiger partial charge in [0.1, 0.15) is 90.5 Å². The van der Waals surface area contributed by atoms with Crippen LogP contribution >= 0.6 is 0 Å². The van der Waals surface area contributed by atoms with E-state index in [4.69, 9.17) is 24.0 Å². The summed E-state index contributed by atoms with van der Waals surface area (Å²) in [4.78, 5) is 58.1. The van der Waals surface area contributed by atoms with Gasteiger partial charge in [-0.1, -0.05) is 182 Å². The molecule has 116 heavy (non-hydrogen) atoms. The zero-order valence-corrected chi connectivity index (χ0v) is 64.2. The SMILES string of the molecule is COC(=O)C(C)n1nc(-c2ccccc2)c2ccccc21.COC(=O)Cn1nc(-c2c(F)cccc2F)c2ccccc21.COC(=O)Cn1nc(-c2cc(F)ccc2C)c2ccccc21.COC(=O)Cn1nc(-c2cccc(F)c2F)c2ccccc21.COC(=O)Cn1nc(-c2cccc(OCc3ccccc3)c2C)c2ccccc21. The molecule has 16 rings (SSSR count). The fourth-order valence-corrected chi connectivity index (χ4v) is 13.0. The summed E-state index contributed by atoms with van der Waals surface area (Å²) in [7, 11) is 6.66. The first kappa shape index (κ1) is 81.1. The number of halogens is 5. The molecule has 0 amide bonds. The fourth-order valence-electron chi connectivity index (χ4n) is 13.0. The highest BCUT2D eigenvalue weighted by atomic mass is 19.2. The van der Waals surface area contributed by atoms with Gasteiger partial charge < -0.3 is 28.4 Å². The lowest BCUT2D eigenvalue weighted by molar-refractivity contribution is -0.144. The van der Waals surface area contributed by atoms with Gasteiger partial charge in [-0.25, -0.2) is 26.7 Å². The maximum atomic E-state index is 14.0. The van der Waals surface area contributed by atoms with Crippen molar-refractivity contribution in [3.63, 3.8) is 0 Å². The summed E-state index contributed by atoms with van der Waals surface area (Å²) >= 11 is 0. The van der Waals surface area contributed by atoms with Crippen LogP contribution in [0.2, 0.25) is 0 Å². The fraction of sp³-hybridized carbons (Fsp3) is 0.156. The Morgan fingerprint density at radius 3 is 1.22 bits per heavy atom. The first-order valence-electron chi connectivity index (χ1n) is 36.3. The Morgan fingerprint density at radius 2 is 0.741 bits per heavy atom. The van der Waals surface area contributed by atoms with Crippen LogP contribution in [0, 0.1) is 42.9 Å². The second-order valence-electron chi connectivity index (χ2n) is 26.1. The first-order valence-corrected chi connectivity index (χ1v) is 36.3. The zero-order chi connectivity index (χ0) is 82.1. The quantitative estimate of drug-likeness (QED) is 0.0442. The second-order valence-corrected chi connectivity index (χ2v) is 26.1. The van der Waals surface area contributed by atoms with Gasteiger partial charge in [0, 0.05) is 54.7 Å². The van der Waals surface area contributed by atoms with Crippen LogP contribution in [0.4, 0.5) is 22.0 Å². The van der Waals surface area contributed by atoms with Gasteiger partial charge in [-0.3, -0.25) is 42.6 Å². The Bertz CT molecular complexity index is 6130. The van der Waals surface area contributed by atoms with E-state index in [-0.39, 0.29) is 72.4 Å². The molecule has 0 aliphatic rings. The third-order valence-corrected chi connectivity index (χ3v) is 18.9. The minimum Gasteiger partial charge on any atom is -0.489 e. The lowest BCUT2D eigenvalue weighted by atomic mass is 10.0. The number of methoxy groups -OCH3 is 5. The van der Waals surface area contributed by atoms with Crippen molar-refractivity contribution in [2.75, 3.05) is 35.5 Å². The standard InChI is InChI=1S/C24H22N2O3.C17H15FN2O2.C17H16N2O2.2C16H12F2N2O2/c1-17-19(12-8-14-22(17)29-16-18-9-4-3-5-10-18)24-20-11-6-7-13-21(20)26(25-24)15-23(27)28-2;1-11-7-8-12(18)9-14(11)17-13-5-3-4-6-15(13)20(19-17)10-16(21)22-2;1-12(17(20)21-2)19-15-11-7-6-10-14(15)16(18-19)13-8-4-3-5-9-13;1-22-14(21)9-20-13-8-3-2-5-10(13)16(19-20)15-11(17)6-4-7-12(15)18;1-22-14(21)9-20-13-8-3-2-5-10(13)16(19-20)11-6-4-7-12(17)15(11)18/h3-14H,15-16H2,1-2H3;3-9H,10H2,1-2H3;3-12H,1-2H3;2*2-8H,9H2,1H3. The normalized spacial score (nSPS) is 11.1. The minimum absolute atomic E-state index is 0.0192. The number of nitrogens with zero attached hydrogens (tertiary/aromatic N) is 10. The molecule has 5 heterocycles. The Kier molecular flexibility index (Phi) is 26.0. The van der Waals surface area contributed by atoms with Gasteiger partial charge in [-0.05, 0) is 105 Å². The van der Waals surface area contributed by atoms with Crippen LogP contribution in [0.1, 0.15) is 29.7 Å². The summed E-state index contributed by atoms with van der Waals surface area (Å²) in [6.07, 6.45) is 0. The van der Waals surface area contributed by atoms with E-state index in [1.807, 2.05) is 166 Å². The van der Waals surface area contributed by atoms with Crippen LogP contribution in [0.25, 0.3) is 111 Å². The largest absolute Gasteiger partial charge is 0.489 e. The number of para-hydroxylation sites is 5. The number of aromatic nitrogens is 10. The maximum absolute atomic E-state index is 14.0. The van der Waals surface area contributed by atoms with Crippen LogP contribution in [0.5, 0.6) is 5.75 Å². The molecule has 0 saturated carbocycles. The summed E-state index contributed by atoms with van der Waals surface area (Å²) in [5, 5.41) is 26.4. The minimum atomic E-state index is -0.962. The van der Waals surface area contributed by atoms with E-state index < -0.39 is 41.2 Å². The summed E-state index contributed by atoms with van der Waals surface area (Å²) in [6.45, 7) is 6.09. The molecule has 0 aliphatic carbocycles. The molecule has 26 heteroatoms. The van der Waals surface area contributed by atoms with Crippen molar-refractivity contribution >= 4 is 84.4 Å². The monoisotopic (exact) mass is 1570 g/mol. The molecule has 0 N–H and O–H groups in total. The molecule has 0 aliphatic heterocycles. The highest BCUT2D eigenvalue weighted by Crippen LogP contribution is 2.38. The van der Waals surface area contributed by atoms with E-state index in [1.54, 1.807) is 75.6 Å². The maximum Gasteiger partial charge on any atom is 0.330 e. The molecule has 588 valence electrons. The van der Waals surface area contributed by atoms with Gasteiger partial charge >= 0.3 is 29.8 Å². The highest BCUT2D eigenvalue weighted by molar-refractivity contribution is 5.99. The highest BCUT2D eigenvalue weighted by Gasteiger charge is 2.25. The topological polar surface area (TPSA) is 230 Å². The number of fused-ring (bicyclic) bond motifs is 5. The van der Waals surface area contributed by atoms with Crippen LogP contribution in [0.15, 0.2) is 255 Å². The average Bonchev–Trinajstić information content (AvgIpc) is 1.64. The van der Waals surface area contributed by atoms with Crippen molar-refractivity contribution in [1.82, 2.24) is 48.9 Å². The Morgan fingerprint density at radius 1 is 0.362 bits per heavy atom. The van der Waals surface area contributed by atoms with Gasteiger partial charge in [0.05, 0.1) is 68.7 Å². The van der Waals surface area contributed by atoms with Crippen LogP contribution in [-0.4, -0.2) is 114 Å². The first-order chi connectivity index (χ1) is 56.2.